The Morgan fingerprint density at radius 1 is 0.256 bits per heavy atom. The molecule has 1 heterocycles. The van der Waals surface area contributed by atoms with Crippen LogP contribution in [0.4, 0.5) is 17.1 Å². The molecule has 0 bridgehead atoms. The highest BCUT2D eigenvalue weighted by molar-refractivity contribution is 6.12. The Morgan fingerprint density at radius 2 is 0.607 bits per heavy atom. The van der Waals surface area contributed by atoms with Gasteiger partial charge < -0.3 is 9.47 Å². The lowest BCUT2D eigenvalue weighted by Crippen LogP contribution is -2.29. The lowest BCUT2D eigenvalue weighted by molar-refractivity contribution is 0.660. The van der Waals surface area contributed by atoms with Gasteiger partial charge in [0.1, 0.15) is 0 Å². The molecule has 0 N–H and O–H groups in total. The minimum Gasteiger partial charge on any atom is -0.310 e. The third kappa shape index (κ3) is 14.0. The first-order valence-corrected chi connectivity index (χ1v) is 44.6. The predicted octanol–water partition coefficient (Wildman–Crippen LogP) is 31.7. The number of rotatable bonds is 30. The molecule has 0 aliphatic heterocycles. The molecule has 1 aromatic heterocycles. The molecular weight excluding hydrogens is 1410 g/mol. The lowest BCUT2D eigenvalue weighted by atomic mass is 9.67. The van der Waals surface area contributed by atoms with Crippen LogP contribution in [0.1, 0.15) is 233 Å². The van der Waals surface area contributed by atoms with E-state index in [0.717, 1.165) is 42.7 Å². The highest BCUT2D eigenvalue weighted by Gasteiger charge is 2.49. The van der Waals surface area contributed by atoms with Crippen LogP contribution >= 0.6 is 0 Å². The average molecular weight is 1520 g/mol. The highest BCUT2D eigenvalue weighted by Crippen LogP contribution is 2.61. The van der Waals surface area contributed by atoms with E-state index in [4.69, 9.17) is 0 Å². The molecule has 0 saturated carbocycles. The fraction of sp³-hybridized carbons (Fsp3) is 0.270. The van der Waals surface area contributed by atoms with E-state index in [1.807, 2.05) is 0 Å². The first-order valence-electron chi connectivity index (χ1n) is 44.6. The van der Waals surface area contributed by atoms with Crippen LogP contribution in [0.5, 0.6) is 0 Å². The van der Waals surface area contributed by atoms with Crippen molar-refractivity contribution in [1.29, 1.82) is 0 Å². The van der Waals surface area contributed by atoms with Gasteiger partial charge >= 0.3 is 0 Å². The SMILES string of the molecule is CCCCCCc1ccc(C2(c3ccc(CCCCCC)cc3)c3cc(C)ccc3-c3ccc(N(c4ccc(-c5ccc6c(c5)c5cc(-c7ccccc7)ccc5n6-c5ccc6c(c5)-c5ccccc5C6(C)C)cc4)c4ccc5c(c4)C(c4ccc(CCCCCC)cc4)(c4ccc(CCCCCC)cc4)c4cc(C)ccc4-5)cc32)cc1. The molecule has 3 aliphatic rings. The van der Waals surface area contributed by atoms with E-state index in [0.29, 0.717) is 0 Å². The quantitative estimate of drug-likeness (QED) is 0.0407. The van der Waals surface area contributed by atoms with Crippen LogP contribution < -0.4 is 4.90 Å². The predicted molar refractivity (Wildman–Crippen MR) is 499 cm³/mol. The molecule has 0 spiro atoms. The Labute approximate surface area is 697 Å². The Morgan fingerprint density at radius 3 is 1.03 bits per heavy atom. The maximum atomic E-state index is 2.61. The van der Waals surface area contributed by atoms with Crippen molar-refractivity contribution in [3.05, 3.63) is 392 Å². The molecule has 0 saturated heterocycles. The molecule has 0 atom stereocenters. The van der Waals surface area contributed by atoms with E-state index in [1.165, 1.54) is 275 Å². The Balaban J connectivity index is 0.834. The molecule has 0 unspecified atom stereocenters. The summed E-state index contributed by atoms with van der Waals surface area (Å²) in [6.07, 6.45) is 24.3. The zero-order valence-electron chi connectivity index (χ0n) is 70.4. The number of aromatic nitrogens is 1. The summed E-state index contributed by atoms with van der Waals surface area (Å²) >= 11 is 0. The molecule has 0 radical (unpaired) electrons. The molecule has 2 nitrogen and oxygen atoms in total. The van der Waals surface area contributed by atoms with Gasteiger partial charge in [-0.2, -0.15) is 0 Å². The van der Waals surface area contributed by atoms with Crippen LogP contribution in [0.25, 0.3) is 83.1 Å². The van der Waals surface area contributed by atoms with Gasteiger partial charge in [0.15, 0.2) is 0 Å². The van der Waals surface area contributed by atoms with Crippen molar-refractivity contribution in [3.63, 3.8) is 0 Å². The van der Waals surface area contributed by atoms with E-state index in [-0.39, 0.29) is 5.41 Å². The molecule has 15 aromatic rings. The Bertz CT molecular complexity index is 5750. The first kappa shape index (κ1) is 76.9. The number of benzene rings is 14. The third-order valence-electron chi connectivity index (χ3n) is 27.0. The van der Waals surface area contributed by atoms with Gasteiger partial charge in [0.2, 0.25) is 0 Å². The summed E-state index contributed by atoms with van der Waals surface area (Å²) in [5, 5.41) is 2.47. The monoisotopic (exact) mass is 1520 g/mol. The van der Waals surface area contributed by atoms with E-state index >= 15 is 0 Å². The third-order valence-corrected chi connectivity index (χ3v) is 27.0. The largest absolute Gasteiger partial charge is 0.310 e. The number of unbranched alkanes of at least 4 members (excludes halogenated alkanes) is 12. The summed E-state index contributed by atoms with van der Waals surface area (Å²) in [5.74, 6) is 0. The summed E-state index contributed by atoms with van der Waals surface area (Å²) in [4.78, 5) is 2.61. The zero-order chi connectivity index (χ0) is 79.8. The summed E-state index contributed by atoms with van der Waals surface area (Å²) in [5.41, 5.74) is 39.7. The lowest BCUT2D eigenvalue weighted by Gasteiger charge is -2.36. The van der Waals surface area contributed by atoms with Crippen molar-refractivity contribution in [3.8, 4) is 61.3 Å². The molecule has 2 heteroatoms. The van der Waals surface area contributed by atoms with Crippen LogP contribution in [0.2, 0.25) is 0 Å². The summed E-state index contributed by atoms with van der Waals surface area (Å²) in [6, 6.07) is 120. The van der Waals surface area contributed by atoms with Crippen LogP contribution in [-0.4, -0.2) is 4.57 Å². The Kier molecular flexibility index (Phi) is 21.7. The molecule has 3 aliphatic carbocycles. The second-order valence-electron chi connectivity index (χ2n) is 35.0. The topological polar surface area (TPSA) is 8.17 Å². The van der Waals surface area contributed by atoms with E-state index in [1.54, 1.807) is 0 Å². The summed E-state index contributed by atoms with van der Waals surface area (Å²) in [7, 11) is 0. The molecule has 584 valence electrons. The van der Waals surface area contributed by atoms with Crippen molar-refractivity contribution in [2.45, 2.75) is 200 Å². The minimum absolute atomic E-state index is 0.0873. The fourth-order valence-corrected chi connectivity index (χ4v) is 20.8. The first-order chi connectivity index (χ1) is 57.4. The number of fused-ring (bicyclic) bond motifs is 12. The maximum Gasteiger partial charge on any atom is 0.0714 e. The number of aryl methyl sites for hydroxylation is 6. The standard InChI is InChI=1S/C115H114N2/c1-9-13-17-22-30-81-40-52-89(53-41-81)114(90-54-42-82(43-55-90)31-23-18-14-10-2)107-72-79(5)38-65-98(107)100-67-62-95(77-109(100)114)116(96-63-68-101-99-66-39-80(6)73-108(99)115(110(101)78-96,91-56-44-83(45-57-91)32-24-19-15-11-3)92-58-46-84(47-59-92)33-25-20-16-12-4)93-60-48-86(49-61-93)88-51-71-112-104(75-88)103-74-87(85-34-26-21-27-35-85)50-70-111(103)117(112)94-64-69-106-102(76-94)97-36-28-29-37-105(97)113(106,7)8/h21,26-29,34-78H,9-20,22-25,30-33H2,1-8H3. The number of hydrogen-bond donors (Lipinski definition) is 0. The van der Waals surface area contributed by atoms with Crippen LogP contribution in [-0.2, 0) is 41.9 Å². The van der Waals surface area contributed by atoms with Gasteiger partial charge in [0.25, 0.3) is 0 Å². The molecule has 14 aromatic carbocycles. The van der Waals surface area contributed by atoms with Crippen molar-refractivity contribution >= 4 is 38.9 Å². The number of anilines is 3. The molecular formula is C115H114N2. The Hall–Kier alpha value is -11.3. The molecule has 0 fully saturated rings. The minimum atomic E-state index is -0.632. The summed E-state index contributed by atoms with van der Waals surface area (Å²) < 4.78 is 2.51. The van der Waals surface area contributed by atoms with E-state index in [9.17, 15) is 0 Å². The molecule has 0 amide bonds. The van der Waals surface area contributed by atoms with Gasteiger partial charge in [-0.1, -0.05) is 360 Å². The van der Waals surface area contributed by atoms with Gasteiger partial charge in [-0.25, -0.2) is 0 Å². The van der Waals surface area contributed by atoms with Gasteiger partial charge in [-0.3, -0.25) is 0 Å². The second-order valence-corrected chi connectivity index (χ2v) is 35.0. The maximum absolute atomic E-state index is 2.61. The van der Waals surface area contributed by atoms with Gasteiger partial charge in [-0.05, 0) is 272 Å². The van der Waals surface area contributed by atoms with Crippen molar-refractivity contribution in [1.82, 2.24) is 4.57 Å². The molecule has 18 rings (SSSR count). The zero-order valence-corrected chi connectivity index (χ0v) is 70.4. The van der Waals surface area contributed by atoms with Crippen LogP contribution in [0.15, 0.2) is 303 Å². The van der Waals surface area contributed by atoms with Crippen molar-refractivity contribution in [2.75, 3.05) is 4.90 Å². The van der Waals surface area contributed by atoms with Gasteiger partial charge in [0.05, 0.1) is 21.9 Å². The van der Waals surface area contributed by atoms with Crippen molar-refractivity contribution < 1.29 is 0 Å². The van der Waals surface area contributed by atoms with E-state index in [2.05, 4.69) is 368 Å². The highest BCUT2D eigenvalue weighted by atomic mass is 15.1. The van der Waals surface area contributed by atoms with E-state index < -0.39 is 10.8 Å². The second kappa shape index (κ2) is 33.0. The average Bonchev–Trinajstić information content (AvgIpc) is 1.55. The van der Waals surface area contributed by atoms with Crippen LogP contribution in [0.3, 0.4) is 0 Å². The molecule has 117 heavy (non-hydrogen) atoms. The van der Waals surface area contributed by atoms with Crippen LogP contribution in [0, 0.1) is 13.8 Å². The van der Waals surface area contributed by atoms with Gasteiger partial charge in [0, 0.05) is 38.9 Å². The smallest absolute Gasteiger partial charge is 0.0714 e. The number of hydrogen-bond acceptors (Lipinski definition) is 1. The van der Waals surface area contributed by atoms with Gasteiger partial charge in [-0.15, -0.1) is 0 Å². The number of nitrogens with zero attached hydrogens (tertiary/aromatic N) is 2. The summed E-state index contributed by atoms with van der Waals surface area (Å²) in [6.45, 7) is 18.6. The van der Waals surface area contributed by atoms with Crippen molar-refractivity contribution in [2.24, 2.45) is 0 Å². The fourth-order valence-electron chi connectivity index (χ4n) is 20.8. The normalized spacial score (nSPS) is 13.7.